The minimum Gasteiger partial charge on any atom is -0.339 e. The fraction of sp³-hybridized carbons (Fsp3) is 0. The third kappa shape index (κ3) is 1.45. The lowest BCUT2D eigenvalue weighted by Crippen LogP contribution is -1.88. The number of benzene rings is 1. The van der Waals surface area contributed by atoms with Crippen LogP contribution in [0.2, 0.25) is 0 Å². The van der Waals surface area contributed by atoms with Gasteiger partial charge in [0, 0.05) is 18.0 Å². The second-order valence-corrected chi connectivity index (χ2v) is 2.45. The zero-order chi connectivity index (χ0) is 8.23. The lowest BCUT2D eigenvalue weighted by Gasteiger charge is -1.99. The maximum atomic E-state index is 3.98. The van der Waals surface area contributed by atoms with E-state index in [9.17, 15) is 0 Å². The number of hydrogen-bond acceptors (Lipinski definition) is 2. The Bertz CT molecular complexity index is 326. The van der Waals surface area contributed by atoms with E-state index in [-0.39, 0.29) is 0 Å². The summed E-state index contributed by atoms with van der Waals surface area (Å²) < 4.78 is 0. The molecule has 2 aromatic rings. The standard InChI is InChI=1S/C9H9N3/c1-2-4-8(5-3-1)11-9-6-7-10-12-9/h1-7H,(H2,10,11,12). The minimum atomic E-state index is 0.834. The molecule has 0 aliphatic heterocycles. The fourth-order valence-electron chi connectivity index (χ4n) is 0.999. The molecule has 2 rings (SSSR count). The van der Waals surface area contributed by atoms with Crippen LogP contribution in [-0.2, 0) is 0 Å². The maximum Gasteiger partial charge on any atom is 0.152 e. The quantitative estimate of drug-likeness (QED) is 0.704. The van der Waals surface area contributed by atoms with Crippen LogP contribution in [0, 0.1) is 0 Å². The molecule has 1 heterocycles. The molecule has 1 aromatic heterocycles. The van der Waals surface area contributed by atoms with Crippen molar-refractivity contribution in [2.45, 2.75) is 0 Å². The Morgan fingerprint density at radius 3 is 2.58 bits per heavy atom. The molecule has 0 aliphatic rings. The number of rotatable bonds is 2. The van der Waals surface area contributed by atoms with Crippen molar-refractivity contribution in [3.63, 3.8) is 0 Å². The van der Waals surface area contributed by atoms with Gasteiger partial charge in [-0.1, -0.05) is 18.2 Å². The van der Waals surface area contributed by atoms with Crippen LogP contribution < -0.4 is 5.32 Å². The summed E-state index contributed by atoms with van der Waals surface area (Å²) in [6, 6.07) is 11.8. The predicted molar refractivity (Wildman–Crippen MR) is 48.3 cm³/mol. The summed E-state index contributed by atoms with van der Waals surface area (Å²) in [5, 5.41) is 9.85. The molecule has 0 bridgehead atoms. The van der Waals surface area contributed by atoms with Crippen molar-refractivity contribution >= 4 is 11.5 Å². The van der Waals surface area contributed by atoms with Crippen LogP contribution in [0.3, 0.4) is 0 Å². The Kier molecular flexibility index (Phi) is 1.78. The van der Waals surface area contributed by atoms with Gasteiger partial charge in [0.15, 0.2) is 5.82 Å². The molecular weight excluding hydrogens is 150 g/mol. The first-order chi connectivity index (χ1) is 5.95. The number of nitrogens with one attached hydrogen (secondary N) is 2. The van der Waals surface area contributed by atoms with Gasteiger partial charge < -0.3 is 5.32 Å². The van der Waals surface area contributed by atoms with Crippen LogP contribution in [0.25, 0.3) is 0 Å². The Morgan fingerprint density at radius 2 is 1.92 bits per heavy atom. The summed E-state index contributed by atoms with van der Waals surface area (Å²) in [5.41, 5.74) is 1.05. The van der Waals surface area contributed by atoms with E-state index in [4.69, 9.17) is 0 Å². The molecule has 0 fully saturated rings. The van der Waals surface area contributed by atoms with Gasteiger partial charge in [-0.25, -0.2) is 0 Å². The van der Waals surface area contributed by atoms with Crippen molar-refractivity contribution in [1.82, 2.24) is 10.2 Å². The molecule has 0 aliphatic carbocycles. The Morgan fingerprint density at radius 1 is 1.08 bits per heavy atom. The summed E-state index contributed by atoms with van der Waals surface area (Å²) in [6.45, 7) is 0. The van der Waals surface area contributed by atoms with E-state index in [1.54, 1.807) is 6.20 Å². The van der Waals surface area contributed by atoms with Crippen molar-refractivity contribution in [1.29, 1.82) is 0 Å². The highest BCUT2D eigenvalue weighted by Crippen LogP contribution is 2.11. The van der Waals surface area contributed by atoms with Crippen molar-refractivity contribution in [3.05, 3.63) is 42.6 Å². The van der Waals surface area contributed by atoms with Crippen molar-refractivity contribution in [2.24, 2.45) is 0 Å². The van der Waals surface area contributed by atoms with Crippen LogP contribution in [0.4, 0.5) is 11.5 Å². The molecule has 0 saturated heterocycles. The van der Waals surface area contributed by atoms with Gasteiger partial charge in [0.25, 0.3) is 0 Å². The zero-order valence-corrected chi connectivity index (χ0v) is 6.49. The molecule has 0 spiro atoms. The van der Waals surface area contributed by atoms with Crippen molar-refractivity contribution in [2.75, 3.05) is 5.32 Å². The molecule has 0 radical (unpaired) electrons. The lowest BCUT2D eigenvalue weighted by molar-refractivity contribution is 1.09. The van der Waals surface area contributed by atoms with E-state index in [2.05, 4.69) is 15.5 Å². The Balaban J connectivity index is 2.15. The third-order valence-electron chi connectivity index (χ3n) is 1.55. The summed E-state index contributed by atoms with van der Waals surface area (Å²) in [7, 11) is 0. The molecule has 0 unspecified atom stereocenters. The number of anilines is 2. The normalized spacial score (nSPS) is 9.67. The molecule has 1 aromatic carbocycles. The predicted octanol–water partition coefficient (Wildman–Crippen LogP) is 2.15. The van der Waals surface area contributed by atoms with Gasteiger partial charge >= 0.3 is 0 Å². The van der Waals surface area contributed by atoms with E-state index in [1.165, 1.54) is 0 Å². The van der Waals surface area contributed by atoms with Gasteiger partial charge in [-0.2, -0.15) is 5.10 Å². The van der Waals surface area contributed by atoms with Gasteiger partial charge in [-0.3, -0.25) is 5.10 Å². The van der Waals surface area contributed by atoms with Crippen LogP contribution in [-0.4, -0.2) is 10.2 Å². The maximum absolute atomic E-state index is 3.98. The van der Waals surface area contributed by atoms with Gasteiger partial charge in [-0.15, -0.1) is 0 Å². The van der Waals surface area contributed by atoms with E-state index in [0.29, 0.717) is 0 Å². The molecule has 3 heteroatoms. The number of para-hydroxylation sites is 1. The smallest absolute Gasteiger partial charge is 0.152 e. The number of nitrogens with zero attached hydrogens (tertiary/aromatic N) is 1. The first-order valence-corrected chi connectivity index (χ1v) is 3.77. The van der Waals surface area contributed by atoms with Gasteiger partial charge in [0.2, 0.25) is 0 Å². The average Bonchev–Trinajstić information content (AvgIpc) is 2.59. The first kappa shape index (κ1) is 6.91. The van der Waals surface area contributed by atoms with Crippen LogP contribution >= 0.6 is 0 Å². The molecule has 60 valence electrons. The monoisotopic (exact) mass is 159 g/mol. The Labute approximate surface area is 70.4 Å². The van der Waals surface area contributed by atoms with E-state index >= 15 is 0 Å². The highest BCUT2D eigenvalue weighted by atomic mass is 15.2. The van der Waals surface area contributed by atoms with Gasteiger partial charge in [0.1, 0.15) is 0 Å². The number of aromatic nitrogens is 2. The molecular formula is C9H9N3. The summed E-state index contributed by atoms with van der Waals surface area (Å²) in [5.74, 6) is 0.834. The highest BCUT2D eigenvalue weighted by Gasteiger charge is 1.92. The molecule has 0 saturated carbocycles. The zero-order valence-electron chi connectivity index (χ0n) is 6.49. The van der Waals surface area contributed by atoms with E-state index in [1.807, 2.05) is 36.4 Å². The SMILES string of the molecule is c1ccc(Nc2cc[nH]n2)cc1. The lowest BCUT2D eigenvalue weighted by atomic mass is 10.3. The fourth-order valence-corrected chi connectivity index (χ4v) is 0.999. The summed E-state index contributed by atoms with van der Waals surface area (Å²) in [6.07, 6.45) is 1.78. The van der Waals surface area contributed by atoms with Crippen molar-refractivity contribution < 1.29 is 0 Å². The number of aromatic amines is 1. The third-order valence-corrected chi connectivity index (χ3v) is 1.55. The first-order valence-electron chi connectivity index (χ1n) is 3.77. The summed E-state index contributed by atoms with van der Waals surface area (Å²) in [4.78, 5) is 0. The number of H-pyrrole nitrogens is 1. The van der Waals surface area contributed by atoms with E-state index in [0.717, 1.165) is 11.5 Å². The second-order valence-electron chi connectivity index (χ2n) is 2.45. The summed E-state index contributed by atoms with van der Waals surface area (Å²) >= 11 is 0. The van der Waals surface area contributed by atoms with Crippen molar-refractivity contribution in [3.8, 4) is 0 Å². The molecule has 3 nitrogen and oxygen atoms in total. The molecule has 12 heavy (non-hydrogen) atoms. The molecule has 2 N–H and O–H groups in total. The largest absolute Gasteiger partial charge is 0.339 e. The topological polar surface area (TPSA) is 40.7 Å². The van der Waals surface area contributed by atoms with Gasteiger partial charge in [0.05, 0.1) is 0 Å². The molecule has 0 amide bonds. The minimum absolute atomic E-state index is 0.834. The highest BCUT2D eigenvalue weighted by molar-refractivity contribution is 5.54. The number of hydrogen-bond donors (Lipinski definition) is 2. The van der Waals surface area contributed by atoms with Crippen LogP contribution in [0.15, 0.2) is 42.6 Å². The van der Waals surface area contributed by atoms with Crippen LogP contribution in [0.1, 0.15) is 0 Å². The average molecular weight is 159 g/mol. The van der Waals surface area contributed by atoms with Crippen LogP contribution in [0.5, 0.6) is 0 Å². The molecule has 0 atom stereocenters. The van der Waals surface area contributed by atoms with E-state index < -0.39 is 0 Å². The Hall–Kier alpha value is -1.77. The second kappa shape index (κ2) is 3.09. The van der Waals surface area contributed by atoms with Gasteiger partial charge in [-0.05, 0) is 12.1 Å².